The number of benzene rings is 7. The van der Waals surface area contributed by atoms with Crippen molar-refractivity contribution >= 4 is 158 Å². The van der Waals surface area contributed by atoms with Crippen LogP contribution in [0.1, 0.15) is 244 Å². The topological polar surface area (TPSA) is 116 Å². The summed E-state index contributed by atoms with van der Waals surface area (Å²) in [5.74, 6) is -0.629. The van der Waals surface area contributed by atoms with Crippen molar-refractivity contribution in [3.63, 3.8) is 0 Å². The lowest BCUT2D eigenvalue weighted by Crippen LogP contribution is -2.29. The maximum absolute atomic E-state index is 15.1. The second kappa shape index (κ2) is 31.8. The van der Waals surface area contributed by atoms with E-state index in [9.17, 15) is 10.5 Å². The highest BCUT2D eigenvalue weighted by atomic mass is 35.5. The highest BCUT2D eigenvalue weighted by Crippen LogP contribution is 2.69. The third kappa shape index (κ3) is 12.8. The average molecular weight is 1600 g/mol. The zero-order valence-corrected chi connectivity index (χ0v) is 69.0. The third-order valence-corrected chi connectivity index (χ3v) is 29.7. The number of halogens is 3. The number of aromatic nitrogens is 2. The maximum atomic E-state index is 15.1. The number of aryl methyl sites for hydroxylation is 5. The van der Waals surface area contributed by atoms with Crippen LogP contribution in [0.2, 0.25) is 15.1 Å². The molecular weight excluding hydrogens is 1520 g/mol. The highest BCUT2D eigenvalue weighted by molar-refractivity contribution is 7.30. The fourth-order valence-corrected chi connectivity index (χ4v) is 24.3. The first-order valence-electron chi connectivity index (χ1n) is 38.9. The summed E-state index contributed by atoms with van der Waals surface area (Å²) < 4.78 is 13.0. The summed E-state index contributed by atoms with van der Waals surface area (Å²) in [5, 5.41) is 24.3. The fraction of sp³-hybridized carbons (Fsp3) is 0.284. The van der Waals surface area contributed by atoms with Gasteiger partial charge in [0.1, 0.15) is 11.0 Å². The van der Waals surface area contributed by atoms with Gasteiger partial charge in [-0.3, -0.25) is 9.59 Å². The summed E-state index contributed by atoms with van der Waals surface area (Å²) in [6.45, 7) is 27.5. The SMILES string of the molecule is [C-]#[N+]/C(C#N)=C1\C(=C\c2cc3c(s2)-c2sc4c(c2C3(c2ccc(CCCCCC)cc2)c2ccc(CCCCCC)cc2)c2nsnc2c2sc3c(c24)C(c2ccc(CCCCCC)cc2)(c2ccc(CCCCCC)cc2)c2cc(/C=C4\C(=O)c5cc(Cl)c(Cl)cc5\C4=C(\C#N)[N+]#[C-])sc2-3)C(=O)c2cc(Cl)c(C)cc21. The van der Waals surface area contributed by atoms with Gasteiger partial charge in [0.05, 0.1) is 82.1 Å². The summed E-state index contributed by atoms with van der Waals surface area (Å²) in [5.41, 5.74) is 16.7. The number of unbranched alkanes of at least 4 members (excludes halogenated alkanes) is 12. The number of hydrogen-bond acceptors (Lipinski definition) is 11. The molecule has 8 nitrogen and oxygen atoms in total. The Morgan fingerprint density at radius 3 is 1.19 bits per heavy atom. The van der Waals surface area contributed by atoms with Gasteiger partial charge in [0, 0.05) is 74.8 Å². The van der Waals surface area contributed by atoms with Crippen molar-refractivity contribution in [3.8, 4) is 31.6 Å². The van der Waals surface area contributed by atoms with Gasteiger partial charge >= 0.3 is 0 Å². The number of nitriles is 2. The third-order valence-electron chi connectivity index (χ3n) is 23.2. The Balaban J connectivity index is 1.01. The van der Waals surface area contributed by atoms with E-state index < -0.39 is 10.8 Å². The molecule has 0 unspecified atom stereocenters. The molecule has 16 rings (SSSR count). The van der Waals surface area contributed by atoms with Crippen molar-refractivity contribution in [2.24, 2.45) is 0 Å². The predicted octanol–water partition coefficient (Wildman–Crippen LogP) is 28.6. The first kappa shape index (κ1) is 75.8. The zero-order valence-electron chi connectivity index (χ0n) is 62.7. The molecule has 0 radical (unpaired) electrons. The average Bonchev–Trinajstić information content (AvgIpc) is 1.49. The molecule has 4 aliphatic carbocycles. The van der Waals surface area contributed by atoms with Crippen molar-refractivity contribution in [3.05, 3.63) is 298 Å². The number of fused-ring (bicyclic) bond motifs is 16. The second-order valence-corrected chi connectivity index (χ2v) is 35.9. The molecule has 0 aliphatic heterocycles. The van der Waals surface area contributed by atoms with Gasteiger partial charge in [-0.25, -0.2) is 20.2 Å². The van der Waals surface area contributed by atoms with Gasteiger partial charge in [-0.05, 0) is 173 Å². The van der Waals surface area contributed by atoms with Crippen molar-refractivity contribution in [2.75, 3.05) is 0 Å². The van der Waals surface area contributed by atoms with Crippen LogP contribution < -0.4 is 0 Å². The summed E-state index contributed by atoms with van der Waals surface area (Å²) in [6.07, 6.45) is 25.9. The minimum absolute atomic E-state index is 0.156. The van der Waals surface area contributed by atoms with Crippen LogP contribution in [0, 0.1) is 42.7 Å². The molecule has 552 valence electrons. The molecule has 4 aliphatic rings. The molecule has 16 heteroatoms. The minimum Gasteiger partial charge on any atom is -0.289 e. The van der Waals surface area contributed by atoms with E-state index in [1.54, 1.807) is 52.2 Å². The molecule has 0 spiro atoms. The molecule has 7 aromatic carbocycles. The number of carbonyl (C=O) groups is 2. The molecule has 0 N–H and O–H groups in total. The molecule has 0 saturated carbocycles. The van der Waals surface area contributed by atoms with E-state index in [0.717, 1.165) is 213 Å². The van der Waals surface area contributed by atoms with Gasteiger partial charge in [0.2, 0.25) is 0 Å². The minimum atomic E-state index is -0.982. The monoisotopic (exact) mass is 1600 g/mol. The first-order valence-corrected chi connectivity index (χ1v) is 44.0. The van der Waals surface area contributed by atoms with E-state index >= 15 is 9.59 Å². The van der Waals surface area contributed by atoms with E-state index in [1.807, 2.05) is 36.5 Å². The molecule has 5 aromatic heterocycles. The smallest absolute Gasteiger partial charge is 0.270 e. The lowest BCUT2D eigenvalue weighted by atomic mass is 9.66. The van der Waals surface area contributed by atoms with E-state index in [4.69, 9.17) is 56.7 Å². The highest BCUT2D eigenvalue weighted by Gasteiger charge is 2.54. The van der Waals surface area contributed by atoms with Crippen molar-refractivity contribution < 1.29 is 9.59 Å². The van der Waals surface area contributed by atoms with Crippen LogP contribution in [-0.4, -0.2) is 20.3 Å². The Kier molecular flexibility index (Phi) is 21.7. The Hall–Kier alpha value is -9.19. The summed E-state index contributed by atoms with van der Waals surface area (Å²) in [6, 6.07) is 53.1. The number of Topliss-reactive ketones (excluding diaryl/α,β-unsaturated/α-hetero) is 2. The van der Waals surface area contributed by atoms with Crippen molar-refractivity contribution in [1.29, 1.82) is 10.5 Å². The fourth-order valence-electron chi connectivity index (χ4n) is 17.7. The van der Waals surface area contributed by atoms with Crippen LogP contribution in [0.5, 0.6) is 0 Å². The predicted molar refractivity (Wildman–Crippen MR) is 465 cm³/mol. The Morgan fingerprint density at radius 2 is 0.802 bits per heavy atom. The number of ketones is 2. The largest absolute Gasteiger partial charge is 0.289 e. The Morgan fingerprint density at radius 1 is 0.441 bits per heavy atom. The van der Waals surface area contributed by atoms with Crippen molar-refractivity contribution in [2.45, 2.75) is 174 Å². The van der Waals surface area contributed by atoms with Gasteiger partial charge in [0.15, 0.2) is 11.6 Å². The number of nitrogens with zero attached hydrogens (tertiary/aromatic N) is 6. The summed E-state index contributed by atoms with van der Waals surface area (Å²) in [4.78, 5) is 43.5. The summed E-state index contributed by atoms with van der Waals surface area (Å²) >= 11 is 28.2. The molecule has 111 heavy (non-hydrogen) atoms. The van der Waals surface area contributed by atoms with Gasteiger partial charge < -0.3 is 0 Å². The van der Waals surface area contributed by atoms with Crippen LogP contribution >= 0.6 is 91.9 Å². The second-order valence-electron chi connectivity index (χ2n) is 29.9. The van der Waals surface area contributed by atoms with E-state index in [1.165, 1.54) is 59.7 Å². The summed E-state index contributed by atoms with van der Waals surface area (Å²) in [7, 11) is 0. The quantitative estimate of drug-likeness (QED) is 0.0231. The molecule has 5 heterocycles. The first-order chi connectivity index (χ1) is 54.2. The molecule has 12 aromatic rings. The van der Waals surface area contributed by atoms with Gasteiger partial charge in [-0.15, -0.1) is 45.3 Å². The van der Waals surface area contributed by atoms with Gasteiger partial charge in [-0.2, -0.15) is 8.75 Å². The van der Waals surface area contributed by atoms with Crippen molar-refractivity contribution in [1.82, 2.24) is 8.75 Å². The molecule has 0 bridgehead atoms. The van der Waals surface area contributed by atoms with Gasteiger partial charge in [0.25, 0.3) is 11.4 Å². The maximum Gasteiger partial charge on any atom is 0.270 e. The normalized spacial score (nSPS) is 15.8. The van der Waals surface area contributed by atoms with Gasteiger partial charge in [-0.1, -0.05) is 243 Å². The van der Waals surface area contributed by atoms with Crippen LogP contribution in [0.4, 0.5) is 0 Å². The molecule has 0 fully saturated rings. The van der Waals surface area contributed by atoms with E-state index in [0.29, 0.717) is 27.3 Å². The number of carbonyl (C=O) groups excluding carboxylic acids is 2. The zero-order chi connectivity index (χ0) is 77.0. The standard InChI is InChI=1S/C95H79Cl3N6O2S5/c1-8-12-16-20-24-55-28-36-59(37-29-55)94(60-38-30-56(31-39-60)25-21-17-13-9-2)71-47-63(45-69-78(76(52-99)101-6)65-44-54(5)73(96)50-67(65)86(69)105)107-88(71)92-82(94)80-84-85(104-111-103-84)91-81(90(80)109-92)83-93(110-91)89-72(48-64(108-89)46-70-79(77(53-100)102-7)66-49-74(97)75(98)51-68(66)87(70)106)95(83,61-40-32-57(33-41-61)26-22-18-14-10-3)62-42-34-58(35-43-62)27-23-19-15-11-4/h28-51H,8-27H2,1-5H3/b69-45-,70-46-,78-76-,79-77+. The molecular formula is C95H79Cl3N6O2S5. The van der Waals surface area contributed by atoms with Crippen LogP contribution in [0.3, 0.4) is 0 Å². The lowest BCUT2D eigenvalue weighted by molar-refractivity contribution is 0.103. The lowest BCUT2D eigenvalue weighted by Gasteiger charge is -2.34. The number of hydrogen-bond donors (Lipinski definition) is 0. The van der Waals surface area contributed by atoms with Crippen LogP contribution in [-0.2, 0) is 36.5 Å². The van der Waals surface area contributed by atoms with E-state index in [2.05, 4.69) is 159 Å². The van der Waals surface area contributed by atoms with Crippen LogP contribution in [0.25, 0.3) is 83.7 Å². The number of thiophene rings is 4. The number of allylic oxidation sites excluding steroid dienone is 6. The Bertz CT molecular complexity index is 5960. The molecule has 0 amide bonds. The Labute approximate surface area is 684 Å². The molecule has 0 saturated heterocycles. The van der Waals surface area contributed by atoms with E-state index in [-0.39, 0.29) is 55.3 Å². The van der Waals surface area contributed by atoms with Crippen LogP contribution in [0.15, 0.2) is 156 Å². The molecule has 0 atom stereocenters. The number of rotatable bonds is 26.